The molecule has 1 aromatic heterocycles. The van der Waals surface area contributed by atoms with Gasteiger partial charge in [0.15, 0.2) is 0 Å². The van der Waals surface area contributed by atoms with Gasteiger partial charge in [-0.1, -0.05) is 30.3 Å². The van der Waals surface area contributed by atoms with Gasteiger partial charge in [0.2, 0.25) is 5.91 Å². The maximum atomic E-state index is 13.2. The molecule has 7 heteroatoms. The van der Waals surface area contributed by atoms with Crippen molar-refractivity contribution >= 4 is 29.0 Å². The number of rotatable bonds is 6. The van der Waals surface area contributed by atoms with Crippen LogP contribution in [0.25, 0.3) is 0 Å². The van der Waals surface area contributed by atoms with Crippen molar-refractivity contribution in [2.45, 2.75) is 12.8 Å². The number of nitrogens with zero attached hydrogens (tertiary/aromatic N) is 2. The summed E-state index contributed by atoms with van der Waals surface area (Å²) in [5, 5.41) is 6.18. The summed E-state index contributed by atoms with van der Waals surface area (Å²) in [5.41, 5.74) is 2.02. The summed E-state index contributed by atoms with van der Waals surface area (Å²) in [4.78, 5) is 32.0. The highest BCUT2D eigenvalue weighted by Gasteiger charge is 2.29. The first-order valence-corrected chi connectivity index (χ1v) is 10.7. The standard InChI is InChI=1S/C25H26N4O3/c1-32-22-12-6-5-11-21(22)28-23-20(10-7-15-26-23)25(31)29-16-13-18(14-17-29)24(30)27-19-8-3-2-4-9-19/h2-12,15,18H,13-14,16-17H2,1H3,(H,26,28)(H,27,30). The number of carbonyl (C=O) groups is 2. The zero-order chi connectivity index (χ0) is 22.3. The maximum Gasteiger partial charge on any atom is 0.257 e. The Labute approximate surface area is 187 Å². The van der Waals surface area contributed by atoms with Crippen LogP contribution in [0.15, 0.2) is 72.9 Å². The van der Waals surface area contributed by atoms with E-state index in [1.54, 1.807) is 30.3 Å². The van der Waals surface area contributed by atoms with Crippen LogP contribution in [0, 0.1) is 5.92 Å². The van der Waals surface area contributed by atoms with Crippen molar-refractivity contribution in [1.82, 2.24) is 9.88 Å². The predicted octanol–water partition coefficient (Wildman–Crippen LogP) is 4.32. The Morgan fingerprint density at radius 3 is 2.44 bits per heavy atom. The SMILES string of the molecule is COc1ccccc1Nc1ncccc1C(=O)N1CCC(C(=O)Nc2ccccc2)CC1. The molecule has 0 aliphatic carbocycles. The van der Waals surface area contributed by atoms with E-state index in [9.17, 15) is 9.59 Å². The van der Waals surface area contributed by atoms with Gasteiger partial charge in [-0.05, 0) is 49.2 Å². The van der Waals surface area contributed by atoms with Gasteiger partial charge in [0.05, 0.1) is 18.4 Å². The predicted molar refractivity (Wildman–Crippen MR) is 124 cm³/mol. The third-order valence-corrected chi connectivity index (χ3v) is 5.59. The third-order valence-electron chi connectivity index (χ3n) is 5.59. The second-order valence-electron chi connectivity index (χ2n) is 7.65. The first kappa shape index (κ1) is 21.4. The van der Waals surface area contributed by atoms with Gasteiger partial charge in [0.1, 0.15) is 11.6 Å². The lowest BCUT2D eigenvalue weighted by Gasteiger charge is -2.31. The van der Waals surface area contributed by atoms with Crippen LogP contribution >= 0.6 is 0 Å². The molecule has 1 saturated heterocycles. The number of piperidine rings is 1. The monoisotopic (exact) mass is 430 g/mol. The molecule has 7 nitrogen and oxygen atoms in total. The van der Waals surface area contributed by atoms with Crippen molar-refractivity contribution in [2.24, 2.45) is 5.92 Å². The van der Waals surface area contributed by atoms with Crippen LogP contribution < -0.4 is 15.4 Å². The second-order valence-corrected chi connectivity index (χ2v) is 7.65. The Bertz CT molecular complexity index is 1080. The lowest BCUT2D eigenvalue weighted by atomic mass is 9.95. The number of amides is 2. The number of para-hydroxylation sites is 3. The first-order chi connectivity index (χ1) is 15.7. The molecule has 3 aromatic rings. The van der Waals surface area contributed by atoms with Crippen LogP contribution in [-0.2, 0) is 4.79 Å². The van der Waals surface area contributed by atoms with Gasteiger partial charge in [-0.3, -0.25) is 9.59 Å². The second kappa shape index (κ2) is 9.96. The van der Waals surface area contributed by atoms with Crippen LogP contribution in [0.2, 0.25) is 0 Å². The molecule has 0 spiro atoms. The van der Waals surface area contributed by atoms with Crippen molar-refractivity contribution in [3.63, 3.8) is 0 Å². The van der Waals surface area contributed by atoms with E-state index in [0.717, 1.165) is 11.4 Å². The molecule has 1 aliphatic heterocycles. The van der Waals surface area contributed by atoms with Crippen LogP contribution in [0.5, 0.6) is 5.75 Å². The van der Waals surface area contributed by atoms with E-state index in [1.807, 2.05) is 54.6 Å². The Balaban J connectivity index is 1.41. The van der Waals surface area contributed by atoms with E-state index in [4.69, 9.17) is 4.74 Å². The molecule has 1 fully saturated rings. The highest BCUT2D eigenvalue weighted by atomic mass is 16.5. The topological polar surface area (TPSA) is 83.6 Å². The number of likely N-dealkylation sites (tertiary alicyclic amines) is 1. The van der Waals surface area contributed by atoms with Gasteiger partial charge in [-0.2, -0.15) is 0 Å². The lowest BCUT2D eigenvalue weighted by Crippen LogP contribution is -2.41. The first-order valence-electron chi connectivity index (χ1n) is 10.7. The summed E-state index contributed by atoms with van der Waals surface area (Å²) >= 11 is 0. The summed E-state index contributed by atoms with van der Waals surface area (Å²) in [5.74, 6) is 0.938. The normalized spacial score (nSPS) is 14.0. The number of benzene rings is 2. The average Bonchev–Trinajstić information content (AvgIpc) is 2.85. The zero-order valence-corrected chi connectivity index (χ0v) is 18.0. The van der Waals surface area contributed by atoms with Crippen molar-refractivity contribution in [3.8, 4) is 5.75 Å². The number of methoxy groups -OCH3 is 1. The molecule has 2 N–H and O–H groups in total. The van der Waals surface area contributed by atoms with Gasteiger partial charge in [-0.15, -0.1) is 0 Å². The van der Waals surface area contributed by atoms with Gasteiger partial charge in [-0.25, -0.2) is 4.98 Å². The molecular formula is C25H26N4O3. The lowest BCUT2D eigenvalue weighted by molar-refractivity contribution is -0.121. The number of aromatic nitrogens is 1. The minimum absolute atomic E-state index is 0.00297. The van der Waals surface area contributed by atoms with E-state index in [-0.39, 0.29) is 17.7 Å². The molecule has 164 valence electrons. The van der Waals surface area contributed by atoms with Crippen LogP contribution in [-0.4, -0.2) is 41.9 Å². The fraction of sp³-hybridized carbons (Fsp3) is 0.240. The van der Waals surface area contributed by atoms with Gasteiger partial charge >= 0.3 is 0 Å². The van der Waals surface area contributed by atoms with Crippen LogP contribution in [0.3, 0.4) is 0 Å². The van der Waals surface area contributed by atoms with Crippen molar-refractivity contribution in [3.05, 3.63) is 78.5 Å². The summed E-state index contributed by atoms with van der Waals surface area (Å²) < 4.78 is 5.39. The molecule has 0 atom stereocenters. The molecule has 1 aliphatic rings. The minimum Gasteiger partial charge on any atom is -0.495 e. The Morgan fingerprint density at radius 2 is 1.69 bits per heavy atom. The molecule has 4 rings (SSSR count). The summed E-state index contributed by atoms with van der Waals surface area (Å²) in [6.45, 7) is 1.05. The minimum atomic E-state index is -0.112. The molecule has 32 heavy (non-hydrogen) atoms. The van der Waals surface area contributed by atoms with E-state index < -0.39 is 0 Å². The smallest absolute Gasteiger partial charge is 0.257 e. The van der Waals surface area contributed by atoms with Crippen molar-refractivity contribution < 1.29 is 14.3 Å². The fourth-order valence-electron chi connectivity index (χ4n) is 3.83. The summed E-state index contributed by atoms with van der Waals surface area (Å²) in [6, 6.07) is 20.4. The molecular weight excluding hydrogens is 404 g/mol. The van der Waals surface area contributed by atoms with E-state index in [0.29, 0.717) is 43.1 Å². The van der Waals surface area contributed by atoms with E-state index in [1.165, 1.54) is 0 Å². The number of anilines is 3. The summed E-state index contributed by atoms with van der Waals surface area (Å²) in [6.07, 6.45) is 2.90. The fourth-order valence-corrected chi connectivity index (χ4v) is 3.83. The number of nitrogens with one attached hydrogen (secondary N) is 2. The number of hydrogen-bond donors (Lipinski definition) is 2. The largest absolute Gasteiger partial charge is 0.495 e. The van der Waals surface area contributed by atoms with Crippen molar-refractivity contribution in [1.29, 1.82) is 0 Å². The molecule has 2 amide bonds. The van der Waals surface area contributed by atoms with Gasteiger partial charge in [0.25, 0.3) is 5.91 Å². The average molecular weight is 431 g/mol. The number of carbonyl (C=O) groups excluding carboxylic acids is 2. The molecule has 0 saturated carbocycles. The van der Waals surface area contributed by atoms with Crippen LogP contribution in [0.1, 0.15) is 23.2 Å². The molecule has 0 radical (unpaired) electrons. The van der Waals surface area contributed by atoms with Gasteiger partial charge < -0.3 is 20.3 Å². The summed E-state index contributed by atoms with van der Waals surface area (Å²) in [7, 11) is 1.60. The van der Waals surface area contributed by atoms with Gasteiger partial charge in [0, 0.05) is 30.9 Å². The Kier molecular flexibility index (Phi) is 6.65. The maximum absolute atomic E-state index is 13.2. The number of ether oxygens (including phenoxy) is 1. The van der Waals surface area contributed by atoms with Crippen LogP contribution in [0.4, 0.5) is 17.2 Å². The Hall–Kier alpha value is -3.87. The van der Waals surface area contributed by atoms with E-state index in [2.05, 4.69) is 15.6 Å². The van der Waals surface area contributed by atoms with Crippen molar-refractivity contribution in [2.75, 3.05) is 30.8 Å². The molecule has 0 bridgehead atoms. The third kappa shape index (κ3) is 4.88. The number of hydrogen-bond acceptors (Lipinski definition) is 5. The zero-order valence-electron chi connectivity index (χ0n) is 18.0. The highest BCUT2D eigenvalue weighted by Crippen LogP contribution is 2.29. The molecule has 2 heterocycles. The number of pyridine rings is 1. The van der Waals surface area contributed by atoms with E-state index >= 15 is 0 Å². The quantitative estimate of drug-likeness (QED) is 0.608. The molecule has 2 aromatic carbocycles. The molecule has 0 unspecified atom stereocenters. The highest BCUT2D eigenvalue weighted by molar-refractivity contribution is 6.00. The Morgan fingerprint density at radius 1 is 0.969 bits per heavy atom.